The van der Waals surface area contributed by atoms with Crippen LogP contribution in [0.4, 0.5) is 0 Å². The van der Waals surface area contributed by atoms with Gasteiger partial charge in [-0.05, 0) is 30.5 Å². The Labute approximate surface area is 170 Å². The van der Waals surface area contributed by atoms with Crippen molar-refractivity contribution in [2.75, 3.05) is 19.8 Å². The zero-order chi connectivity index (χ0) is 20.5. The van der Waals surface area contributed by atoms with Crippen LogP contribution in [0.3, 0.4) is 0 Å². The molecule has 2 amide bonds. The molecule has 0 radical (unpaired) electrons. The van der Waals surface area contributed by atoms with Crippen LogP contribution in [0.15, 0.2) is 60.8 Å². The van der Waals surface area contributed by atoms with Gasteiger partial charge in [0.15, 0.2) is 0 Å². The second-order valence-corrected chi connectivity index (χ2v) is 6.79. The standard InChI is InChI=1S/C23H27N3O3/c1-2-29-14-8-13-24-23(28)22(17-9-4-3-5-10-17)26-21(27)15-18-16-25-20-12-7-6-11-19(18)20/h3-7,9-12,16,22,25H,2,8,13-15H2,1H3,(H,24,28)(H,26,27)/t22-/m1/s1. The molecule has 3 aromatic rings. The Morgan fingerprint density at radius 2 is 1.83 bits per heavy atom. The minimum Gasteiger partial charge on any atom is -0.382 e. The average Bonchev–Trinajstić information content (AvgIpc) is 3.15. The summed E-state index contributed by atoms with van der Waals surface area (Å²) in [6, 6.07) is 16.4. The van der Waals surface area contributed by atoms with E-state index in [1.807, 2.05) is 67.7 Å². The molecule has 0 aliphatic carbocycles. The first-order valence-electron chi connectivity index (χ1n) is 9.93. The number of carbonyl (C=O) groups excluding carboxylic acids is 2. The predicted molar refractivity (Wildman–Crippen MR) is 113 cm³/mol. The van der Waals surface area contributed by atoms with Crippen LogP contribution in [0.2, 0.25) is 0 Å². The number of amides is 2. The van der Waals surface area contributed by atoms with E-state index in [1.165, 1.54) is 0 Å². The van der Waals surface area contributed by atoms with Crippen molar-refractivity contribution in [2.45, 2.75) is 25.8 Å². The first kappa shape index (κ1) is 20.6. The Morgan fingerprint density at radius 1 is 1.07 bits per heavy atom. The van der Waals surface area contributed by atoms with Crippen LogP contribution < -0.4 is 10.6 Å². The number of hydrogen-bond acceptors (Lipinski definition) is 3. The monoisotopic (exact) mass is 393 g/mol. The van der Waals surface area contributed by atoms with Gasteiger partial charge in [0, 0.05) is 36.9 Å². The normalized spacial score (nSPS) is 11.9. The fraction of sp³-hybridized carbons (Fsp3) is 0.304. The summed E-state index contributed by atoms with van der Waals surface area (Å²) in [6.45, 7) is 3.69. The number of para-hydroxylation sites is 1. The maximum Gasteiger partial charge on any atom is 0.247 e. The fourth-order valence-electron chi connectivity index (χ4n) is 3.24. The summed E-state index contributed by atoms with van der Waals surface area (Å²) < 4.78 is 5.29. The van der Waals surface area contributed by atoms with Crippen molar-refractivity contribution < 1.29 is 14.3 Å². The summed E-state index contributed by atoms with van der Waals surface area (Å²) in [5.41, 5.74) is 2.64. The summed E-state index contributed by atoms with van der Waals surface area (Å²) in [6.07, 6.45) is 2.77. The molecule has 0 aliphatic rings. The van der Waals surface area contributed by atoms with Crippen molar-refractivity contribution >= 4 is 22.7 Å². The molecule has 0 fully saturated rings. The largest absolute Gasteiger partial charge is 0.382 e. The van der Waals surface area contributed by atoms with Crippen molar-refractivity contribution in [3.05, 3.63) is 71.9 Å². The van der Waals surface area contributed by atoms with E-state index < -0.39 is 6.04 Å². The number of aromatic nitrogens is 1. The highest BCUT2D eigenvalue weighted by Crippen LogP contribution is 2.19. The Kier molecular flexibility index (Phi) is 7.41. The highest BCUT2D eigenvalue weighted by molar-refractivity contribution is 5.92. The maximum atomic E-state index is 12.8. The second kappa shape index (κ2) is 10.4. The highest BCUT2D eigenvalue weighted by Gasteiger charge is 2.22. The molecule has 152 valence electrons. The van der Waals surface area contributed by atoms with Crippen molar-refractivity contribution in [1.82, 2.24) is 15.6 Å². The molecule has 1 atom stereocenters. The van der Waals surface area contributed by atoms with E-state index in [-0.39, 0.29) is 18.2 Å². The third-order valence-electron chi connectivity index (χ3n) is 4.70. The van der Waals surface area contributed by atoms with Gasteiger partial charge < -0.3 is 20.4 Å². The highest BCUT2D eigenvalue weighted by atomic mass is 16.5. The van der Waals surface area contributed by atoms with Gasteiger partial charge in [-0.3, -0.25) is 9.59 Å². The number of aromatic amines is 1. The molecule has 0 unspecified atom stereocenters. The summed E-state index contributed by atoms with van der Waals surface area (Å²) in [4.78, 5) is 28.7. The minimum absolute atomic E-state index is 0.199. The molecule has 2 aromatic carbocycles. The number of H-pyrrole nitrogens is 1. The van der Waals surface area contributed by atoms with Crippen LogP contribution in [-0.2, 0) is 20.7 Å². The molecule has 6 nitrogen and oxygen atoms in total. The van der Waals surface area contributed by atoms with Gasteiger partial charge in [0.25, 0.3) is 0 Å². The quantitative estimate of drug-likeness (QED) is 0.463. The third kappa shape index (κ3) is 5.68. The minimum atomic E-state index is -0.735. The number of hydrogen-bond donors (Lipinski definition) is 3. The Balaban J connectivity index is 1.66. The van der Waals surface area contributed by atoms with Crippen LogP contribution in [0.1, 0.15) is 30.5 Å². The van der Waals surface area contributed by atoms with E-state index in [4.69, 9.17) is 4.74 Å². The number of ether oxygens (including phenoxy) is 1. The molecule has 29 heavy (non-hydrogen) atoms. The third-order valence-corrected chi connectivity index (χ3v) is 4.70. The van der Waals surface area contributed by atoms with E-state index in [9.17, 15) is 9.59 Å². The van der Waals surface area contributed by atoms with Gasteiger partial charge in [-0.25, -0.2) is 0 Å². The molecule has 0 spiro atoms. The number of nitrogens with one attached hydrogen (secondary N) is 3. The van der Waals surface area contributed by atoms with E-state index in [0.29, 0.717) is 19.8 Å². The molecule has 0 saturated heterocycles. The summed E-state index contributed by atoms with van der Waals surface area (Å²) >= 11 is 0. The number of fused-ring (bicyclic) bond motifs is 1. The molecule has 0 bridgehead atoms. The van der Waals surface area contributed by atoms with E-state index in [0.717, 1.165) is 28.5 Å². The molecule has 3 N–H and O–H groups in total. The molecule has 3 rings (SSSR count). The lowest BCUT2D eigenvalue weighted by Gasteiger charge is -2.19. The number of benzene rings is 2. The molecule has 1 aromatic heterocycles. The SMILES string of the molecule is CCOCCCNC(=O)[C@H](NC(=O)Cc1c[nH]c2ccccc12)c1ccccc1. The van der Waals surface area contributed by atoms with E-state index >= 15 is 0 Å². The van der Waals surface area contributed by atoms with Gasteiger partial charge >= 0.3 is 0 Å². The molecular formula is C23H27N3O3. The average molecular weight is 393 g/mol. The van der Waals surface area contributed by atoms with Crippen molar-refractivity contribution in [2.24, 2.45) is 0 Å². The zero-order valence-corrected chi connectivity index (χ0v) is 16.6. The Morgan fingerprint density at radius 3 is 2.62 bits per heavy atom. The fourth-order valence-corrected chi connectivity index (χ4v) is 3.24. The first-order chi connectivity index (χ1) is 14.2. The zero-order valence-electron chi connectivity index (χ0n) is 16.6. The molecule has 0 aliphatic heterocycles. The molecule has 1 heterocycles. The van der Waals surface area contributed by atoms with Crippen LogP contribution in [0, 0.1) is 0 Å². The smallest absolute Gasteiger partial charge is 0.247 e. The molecule has 6 heteroatoms. The number of carbonyl (C=O) groups is 2. The van der Waals surface area contributed by atoms with Crippen LogP contribution in [0.5, 0.6) is 0 Å². The van der Waals surface area contributed by atoms with Gasteiger partial charge in [0.05, 0.1) is 6.42 Å². The topological polar surface area (TPSA) is 83.2 Å². The summed E-state index contributed by atoms with van der Waals surface area (Å²) in [5.74, 6) is -0.423. The summed E-state index contributed by atoms with van der Waals surface area (Å²) in [7, 11) is 0. The second-order valence-electron chi connectivity index (χ2n) is 6.79. The van der Waals surface area contributed by atoms with Crippen LogP contribution in [0.25, 0.3) is 10.9 Å². The van der Waals surface area contributed by atoms with E-state index in [1.54, 1.807) is 0 Å². The van der Waals surface area contributed by atoms with Gasteiger partial charge in [-0.1, -0.05) is 48.5 Å². The lowest BCUT2D eigenvalue weighted by molar-refractivity contribution is -0.128. The number of rotatable bonds is 10. The first-order valence-corrected chi connectivity index (χ1v) is 9.93. The Bertz CT molecular complexity index is 937. The maximum absolute atomic E-state index is 12.8. The predicted octanol–water partition coefficient (Wildman–Crippen LogP) is 3.11. The molecule has 0 saturated carbocycles. The van der Waals surface area contributed by atoms with Crippen molar-refractivity contribution in [3.8, 4) is 0 Å². The van der Waals surface area contributed by atoms with Crippen LogP contribution in [-0.4, -0.2) is 36.6 Å². The van der Waals surface area contributed by atoms with Gasteiger partial charge in [0.2, 0.25) is 11.8 Å². The van der Waals surface area contributed by atoms with Crippen LogP contribution >= 0.6 is 0 Å². The van der Waals surface area contributed by atoms with Gasteiger partial charge in [0.1, 0.15) is 6.04 Å². The van der Waals surface area contributed by atoms with E-state index in [2.05, 4.69) is 15.6 Å². The Hall–Kier alpha value is -3.12. The molecular weight excluding hydrogens is 366 g/mol. The van der Waals surface area contributed by atoms with Crippen molar-refractivity contribution in [1.29, 1.82) is 0 Å². The van der Waals surface area contributed by atoms with Gasteiger partial charge in [-0.15, -0.1) is 0 Å². The lowest BCUT2D eigenvalue weighted by Crippen LogP contribution is -2.41. The van der Waals surface area contributed by atoms with Crippen molar-refractivity contribution in [3.63, 3.8) is 0 Å². The summed E-state index contributed by atoms with van der Waals surface area (Å²) in [5, 5.41) is 6.80. The van der Waals surface area contributed by atoms with Gasteiger partial charge in [-0.2, -0.15) is 0 Å². The lowest BCUT2D eigenvalue weighted by atomic mass is 10.0.